The average Bonchev–Trinajstić information content (AvgIpc) is 2.65. The first kappa shape index (κ1) is 20.8. The van der Waals surface area contributed by atoms with Crippen LogP contribution in [0.1, 0.15) is 25.8 Å². The zero-order valence-electron chi connectivity index (χ0n) is 15.6. The van der Waals surface area contributed by atoms with Gasteiger partial charge in [-0.3, -0.25) is 0 Å². The van der Waals surface area contributed by atoms with Crippen LogP contribution in [0.15, 0.2) is 52.3 Å². The zero-order valence-corrected chi connectivity index (χ0v) is 17.2. The molecule has 2 aromatic carbocycles. The Hall–Kier alpha value is -1.97. The van der Waals surface area contributed by atoms with E-state index in [-0.39, 0.29) is 16.3 Å². The number of rotatable bonds is 6. The van der Waals surface area contributed by atoms with E-state index in [4.69, 9.17) is 4.74 Å². The number of aryl methyl sites for hydroxylation is 1. The van der Waals surface area contributed by atoms with Gasteiger partial charge in [-0.2, -0.15) is 0 Å². The molecular formula is C19H22FNO5S2. The van der Waals surface area contributed by atoms with Gasteiger partial charge in [0.05, 0.1) is 15.0 Å². The predicted octanol–water partition coefficient (Wildman–Crippen LogP) is 2.68. The molecular weight excluding hydrogens is 405 g/mol. The Labute approximate surface area is 164 Å². The van der Waals surface area contributed by atoms with Crippen LogP contribution < -0.4 is 9.46 Å². The van der Waals surface area contributed by atoms with Gasteiger partial charge in [0.25, 0.3) is 0 Å². The van der Waals surface area contributed by atoms with Crippen molar-refractivity contribution in [1.82, 2.24) is 4.72 Å². The van der Waals surface area contributed by atoms with Crippen molar-refractivity contribution in [2.75, 3.05) is 6.54 Å². The van der Waals surface area contributed by atoms with Gasteiger partial charge in [-0.05, 0) is 62.6 Å². The summed E-state index contributed by atoms with van der Waals surface area (Å²) in [7, 11) is -7.30. The highest BCUT2D eigenvalue weighted by Crippen LogP contribution is 2.32. The number of ether oxygens (including phenoxy) is 1. The highest BCUT2D eigenvalue weighted by Gasteiger charge is 2.26. The Kier molecular flexibility index (Phi) is 5.79. The summed E-state index contributed by atoms with van der Waals surface area (Å²) in [6.45, 7) is 3.28. The second-order valence-corrected chi connectivity index (χ2v) is 11.2. The summed E-state index contributed by atoms with van der Waals surface area (Å²) in [6, 6.07) is 9.39. The van der Waals surface area contributed by atoms with Crippen molar-refractivity contribution in [3.05, 3.63) is 53.8 Å². The van der Waals surface area contributed by atoms with Crippen LogP contribution in [0.4, 0.5) is 4.39 Å². The fourth-order valence-corrected chi connectivity index (χ4v) is 4.92. The molecule has 2 aromatic rings. The first-order valence-corrected chi connectivity index (χ1v) is 11.9. The molecule has 0 saturated heterocycles. The first-order chi connectivity index (χ1) is 13.1. The van der Waals surface area contributed by atoms with Crippen LogP contribution in [0, 0.1) is 5.82 Å². The van der Waals surface area contributed by atoms with Crippen molar-refractivity contribution >= 4 is 19.9 Å². The molecule has 1 aliphatic heterocycles. The number of hydrogen-bond donors (Lipinski definition) is 1. The third kappa shape index (κ3) is 4.37. The van der Waals surface area contributed by atoms with Crippen molar-refractivity contribution < 1.29 is 26.0 Å². The average molecular weight is 428 g/mol. The molecule has 1 heterocycles. The highest BCUT2D eigenvalue weighted by atomic mass is 32.2. The maximum atomic E-state index is 13.4. The number of fused-ring (bicyclic) bond motifs is 1. The van der Waals surface area contributed by atoms with E-state index < -0.39 is 37.0 Å². The van der Waals surface area contributed by atoms with Crippen LogP contribution in [0.3, 0.4) is 0 Å². The Balaban J connectivity index is 1.82. The predicted molar refractivity (Wildman–Crippen MR) is 103 cm³/mol. The summed E-state index contributed by atoms with van der Waals surface area (Å²) in [6.07, 6.45) is 0.862. The van der Waals surface area contributed by atoms with E-state index in [0.717, 1.165) is 11.6 Å². The second kappa shape index (κ2) is 7.81. The molecule has 1 N–H and O–H groups in total. The number of hydrogen-bond acceptors (Lipinski definition) is 5. The van der Waals surface area contributed by atoms with Crippen molar-refractivity contribution in [2.45, 2.75) is 47.8 Å². The Bertz CT molecular complexity index is 1080. The van der Waals surface area contributed by atoms with E-state index in [0.29, 0.717) is 18.6 Å². The number of sulfonamides is 1. The lowest BCUT2D eigenvalue weighted by Gasteiger charge is -2.27. The molecule has 28 heavy (non-hydrogen) atoms. The highest BCUT2D eigenvalue weighted by molar-refractivity contribution is 7.91. The maximum Gasteiger partial charge on any atom is 0.214 e. The molecule has 0 amide bonds. The molecule has 1 aliphatic rings. The van der Waals surface area contributed by atoms with Gasteiger partial charge in [-0.25, -0.2) is 25.9 Å². The van der Waals surface area contributed by atoms with Crippen molar-refractivity contribution in [2.24, 2.45) is 0 Å². The van der Waals surface area contributed by atoms with Gasteiger partial charge in [0.15, 0.2) is 0 Å². The van der Waals surface area contributed by atoms with E-state index in [1.165, 1.54) is 30.3 Å². The summed E-state index contributed by atoms with van der Waals surface area (Å²) < 4.78 is 71.2. The van der Waals surface area contributed by atoms with Crippen molar-refractivity contribution in [1.29, 1.82) is 0 Å². The fourth-order valence-electron chi connectivity index (χ4n) is 2.86. The van der Waals surface area contributed by atoms with Crippen LogP contribution in [0.25, 0.3) is 0 Å². The molecule has 0 fully saturated rings. The SMILES string of the molecule is CC(C)S(=O)(=O)NC[C@H]1CCc2ccc(S(=O)(=O)c3cccc(F)c3)cc2O1. The van der Waals surface area contributed by atoms with Gasteiger partial charge in [0, 0.05) is 6.54 Å². The quantitative estimate of drug-likeness (QED) is 0.766. The van der Waals surface area contributed by atoms with E-state index >= 15 is 0 Å². The molecule has 0 aliphatic carbocycles. The minimum atomic E-state index is -3.89. The number of benzene rings is 2. The van der Waals surface area contributed by atoms with Gasteiger partial charge < -0.3 is 4.74 Å². The lowest BCUT2D eigenvalue weighted by molar-refractivity contribution is 0.176. The minimum absolute atomic E-state index is 0.000242. The van der Waals surface area contributed by atoms with Gasteiger partial charge in [-0.15, -0.1) is 0 Å². The normalized spacial score (nSPS) is 17.2. The summed E-state index contributed by atoms with van der Waals surface area (Å²) in [5, 5.41) is -0.550. The largest absolute Gasteiger partial charge is 0.489 e. The van der Waals surface area contributed by atoms with Crippen LogP contribution in [0.5, 0.6) is 5.75 Å². The molecule has 0 spiro atoms. The molecule has 1 atom stereocenters. The van der Waals surface area contributed by atoms with E-state index in [2.05, 4.69) is 4.72 Å². The topological polar surface area (TPSA) is 89.5 Å². The zero-order chi connectivity index (χ0) is 20.5. The molecule has 0 radical (unpaired) electrons. The third-order valence-corrected chi connectivity index (χ3v) is 8.18. The van der Waals surface area contributed by atoms with Gasteiger partial charge in [0.1, 0.15) is 17.7 Å². The van der Waals surface area contributed by atoms with Crippen LogP contribution in [0.2, 0.25) is 0 Å². The summed E-state index contributed by atoms with van der Waals surface area (Å²) >= 11 is 0. The summed E-state index contributed by atoms with van der Waals surface area (Å²) in [5.74, 6) is -0.231. The van der Waals surface area contributed by atoms with E-state index in [1.807, 2.05) is 0 Å². The van der Waals surface area contributed by atoms with Crippen LogP contribution >= 0.6 is 0 Å². The van der Waals surface area contributed by atoms with Gasteiger partial charge >= 0.3 is 0 Å². The van der Waals surface area contributed by atoms with Gasteiger partial charge in [0.2, 0.25) is 19.9 Å². The summed E-state index contributed by atoms with van der Waals surface area (Å²) in [4.78, 5) is -0.134. The smallest absolute Gasteiger partial charge is 0.214 e. The summed E-state index contributed by atoms with van der Waals surface area (Å²) in [5.41, 5.74) is 0.848. The molecule has 0 aromatic heterocycles. The monoisotopic (exact) mass is 427 g/mol. The Morgan fingerprint density at radius 2 is 1.82 bits per heavy atom. The fraction of sp³-hybridized carbons (Fsp3) is 0.368. The molecule has 6 nitrogen and oxygen atoms in total. The maximum absolute atomic E-state index is 13.4. The van der Waals surface area contributed by atoms with Crippen molar-refractivity contribution in [3.63, 3.8) is 0 Å². The molecule has 9 heteroatoms. The molecule has 0 bridgehead atoms. The molecule has 152 valence electrons. The number of halogens is 1. The molecule has 0 saturated carbocycles. The first-order valence-electron chi connectivity index (χ1n) is 8.88. The van der Waals surface area contributed by atoms with E-state index in [1.54, 1.807) is 19.9 Å². The molecule has 0 unspecified atom stereocenters. The second-order valence-electron chi connectivity index (χ2n) is 6.95. The van der Waals surface area contributed by atoms with Crippen molar-refractivity contribution in [3.8, 4) is 5.75 Å². The van der Waals surface area contributed by atoms with Gasteiger partial charge in [-0.1, -0.05) is 12.1 Å². The van der Waals surface area contributed by atoms with Crippen LogP contribution in [-0.2, 0) is 26.3 Å². The Morgan fingerprint density at radius 1 is 1.11 bits per heavy atom. The third-order valence-electron chi connectivity index (χ3n) is 4.62. The lowest BCUT2D eigenvalue weighted by Crippen LogP contribution is -2.40. The standard InChI is InChI=1S/C19H22FNO5S2/c1-13(2)28(24,25)21-12-16-8-6-14-7-9-18(11-19(14)26-16)27(22,23)17-5-3-4-15(20)10-17/h3-5,7,9-11,13,16,21H,6,8,12H2,1-2H3/t16-/m1/s1. The Morgan fingerprint density at radius 3 is 2.50 bits per heavy atom. The number of sulfone groups is 1. The lowest BCUT2D eigenvalue weighted by atomic mass is 10.0. The molecule has 3 rings (SSSR count). The van der Waals surface area contributed by atoms with E-state index in [9.17, 15) is 21.2 Å². The van der Waals surface area contributed by atoms with Crippen LogP contribution in [-0.4, -0.2) is 34.7 Å². The number of nitrogens with one attached hydrogen (secondary N) is 1. The minimum Gasteiger partial charge on any atom is -0.489 e.